The summed E-state index contributed by atoms with van der Waals surface area (Å²) in [6.07, 6.45) is 4.64. The summed E-state index contributed by atoms with van der Waals surface area (Å²) in [6, 6.07) is 0.322. The van der Waals surface area contributed by atoms with Gasteiger partial charge in [-0.05, 0) is 19.3 Å². The molecule has 0 aromatic heterocycles. The van der Waals surface area contributed by atoms with Crippen molar-refractivity contribution in [3.8, 4) is 0 Å². The molecule has 0 aromatic carbocycles. The van der Waals surface area contributed by atoms with Crippen LogP contribution in [0.3, 0.4) is 0 Å². The molecule has 1 aliphatic rings. The van der Waals surface area contributed by atoms with Crippen LogP contribution in [0, 0.1) is 0 Å². The van der Waals surface area contributed by atoms with Crippen molar-refractivity contribution < 1.29 is 14.9 Å². The van der Waals surface area contributed by atoms with Crippen molar-refractivity contribution in [2.45, 2.75) is 50.3 Å². The first-order chi connectivity index (χ1) is 7.27. The Morgan fingerprint density at radius 2 is 2.13 bits per heavy atom. The zero-order chi connectivity index (χ0) is 11.1. The third-order valence-electron chi connectivity index (χ3n) is 3.02. The van der Waals surface area contributed by atoms with E-state index in [0.717, 1.165) is 19.3 Å². The van der Waals surface area contributed by atoms with Crippen LogP contribution in [0.2, 0.25) is 0 Å². The second kappa shape index (κ2) is 7.17. The van der Waals surface area contributed by atoms with E-state index >= 15 is 0 Å². The van der Waals surface area contributed by atoms with Crippen LogP contribution >= 0.6 is 0 Å². The van der Waals surface area contributed by atoms with Crippen LogP contribution in [0.25, 0.3) is 0 Å². The summed E-state index contributed by atoms with van der Waals surface area (Å²) >= 11 is 0. The van der Waals surface area contributed by atoms with Gasteiger partial charge >= 0.3 is 0 Å². The van der Waals surface area contributed by atoms with E-state index in [0.29, 0.717) is 13.0 Å². The van der Waals surface area contributed by atoms with E-state index in [1.165, 1.54) is 6.42 Å². The Balaban J connectivity index is 2.33. The van der Waals surface area contributed by atoms with E-state index < -0.39 is 0 Å². The lowest BCUT2D eigenvalue weighted by Crippen LogP contribution is -2.48. The van der Waals surface area contributed by atoms with E-state index in [-0.39, 0.29) is 24.8 Å². The largest absolute Gasteiger partial charge is 0.396 e. The van der Waals surface area contributed by atoms with Gasteiger partial charge in [0.05, 0.1) is 12.7 Å². The molecule has 0 spiro atoms. The van der Waals surface area contributed by atoms with Gasteiger partial charge in [0.2, 0.25) is 0 Å². The van der Waals surface area contributed by atoms with Crippen molar-refractivity contribution >= 4 is 0 Å². The minimum atomic E-state index is -0.239. The minimum Gasteiger partial charge on any atom is -0.396 e. The minimum absolute atomic E-state index is 0.151. The van der Waals surface area contributed by atoms with Crippen LogP contribution < -0.4 is 5.32 Å². The normalized spacial score (nSPS) is 29.0. The maximum absolute atomic E-state index is 9.79. The lowest BCUT2D eigenvalue weighted by Gasteiger charge is -2.32. The van der Waals surface area contributed by atoms with Gasteiger partial charge in [-0.3, -0.25) is 0 Å². The van der Waals surface area contributed by atoms with Gasteiger partial charge in [0.15, 0.2) is 0 Å². The zero-order valence-corrected chi connectivity index (χ0v) is 9.48. The fourth-order valence-electron chi connectivity index (χ4n) is 2.18. The highest BCUT2D eigenvalue weighted by Crippen LogP contribution is 2.19. The molecule has 0 saturated heterocycles. The number of hydrogen-bond acceptors (Lipinski definition) is 4. The molecule has 0 radical (unpaired) electrons. The fourth-order valence-corrected chi connectivity index (χ4v) is 2.18. The molecule has 1 saturated carbocycles. The number of ether oxygens (including phenoxy) is 1. The predicted octanol–water partition coefficient (Wildman–Crippen LogP) is 0.277. The van der Waals surface area contributed by atoms with Crippen molar-refractivity contribution in [3.05, 3.63) is 0 Å². The van der Waals surface area contributed by atoms with E-state index in [1.54, 1.807) is 7.11 Å². The number of nitrogens with one attached hydrogen (secondary N) is 1. The highest BCUT2D eigenvalue weighted by molar-refractivity contribution is 4.83. The first kappa shape index (κ1) is 12.9. The standard InChI is InChI=1S/C11H23NO3/c1-15-8-9(6-7-13)12-10-4-2-3-5-11(10)14/h9-14H,2-8H2,1H3/t9?,10-,11-/m0/s1. The molecule has 0 aliphatic heterocycles. The first-order valence-corrected chi connectivity index (χ1v) is 5.82. The van der Waals surface area contributed by atoms with E-state index in [9.17, 15) is 5.11 Å². The van der Waals surface area contributed by atoms with Crippen LogP contribution in [0.15, 0.2) is 0 Å². The highest BCUT2D eigenvalue weighted by atomic mass is 16.5. The quantitative estimate of drug-likeness (QED) is 0.598. The van der Waals surface area contributed by atoms with Crippen molar-refractivity contribution in [1.29, 1.82) is 0 Å². The SMILES string of the molecule is COCC(CCO)N[C@H]1CCCC[C@@H]1O. The Labute approximate surface area is 91.6 Å². The van der Waals surface area contributed by atoms with Gasteiger partial charge < -0.3 is 20.3 Å². The zero-order valence-electron chi connectivity index (χ0n) is 9.48. The number of aliphatic hydroxyl groups excluding tert-OH is 2. The molecule has 1 unspecified atom stereocenters. The van der Waals surface area contributed by atoms with Crippen LogP contribution in [0.5, 0.6) is 0 Å². The molecule has 3 N–H and O–H groups in total. The van der Waals surface area contributed by atoms with Gasteiger partial charge in [-0.2, -0.15) is 0 Å². The molecule has 0 aromatic rings. The van der Waals surface area contributed by atoms with E-state index in [4.69, 9.17) is 9.84 Å². The van der Waals surface area contributed by atoms with Crippen LogP contribution in [-0.2, 0) is 4.74 Å². The van der Waals surface area contributed by atoms with Gasteiger partial charge in [-0.25, -0.2) is 0 Å². The van der Waals surface area contributed by atoms with Gasteiger partial charge in [-0.15, -0.1) is 0 Å². The Kier molecular flexibility index (Phi) is 6.17. The number of rotatable bonds is 6. The number of methoxy groups -OCH3 is 1. The molecule has 0 heterocycles. The Morgan fingerprint density at radius 1 is 1.40 bits per heavy atom. The maximum Gasteiger partial charge on any atom is 0.0693 e. The monoisotopic (exact) mass is 217 g/mol. The molecule has 0 bridgehead atoms. The van der Waals surface area contributed by atoms with Crippen LogP contribution in [0.4, 0.5) is 0 Å². The molecule has 90 valence electrons. The van der Waals surface area contributed by atoms with Gasteiger partial charge in [0.1, 0.15) is 0 Å². The molecule has 4 nitrogen and oxygen atoms in total. The van der Waals surface area contributed by atoms with Crippen molar-refractivity contribution in [2.24, 2.45) is 0 Å². The van der Waals surface area contributed by atoms with Crippen LogP contribution in [0.1, 0.15) is 32.1 Å². The summed E-state index contributed by atoms with van der Waals surface area (Å²) in [6.45, 7) is 0.744. The third kappa shape index (κ3) is 4.47. The first-order valence-electron chi connectivity index (χ1n) is 5.82. The summed E-state index contributed by atoms with van der Waals surface area (Å²) in [5.41, 5.74) is 0. The highest BCUT2D eigenvalue weighted by Gasteiger charge is 2.24. The summed E-state index contributed by atoms with van der Waals surface area (Å²) in [7, 11) is 1.66. The lowest BCUT2D eigenvalue weighted by atomic mass is 9.92. The van der Waals surface area contributed by atoms with Crippen LogP contribution in [-0.4, -0.2) is 48.7 Å². The molecule has 1 fully saturated rings. The lowest BCUT2D eigenvalue weighted by molar-refractivity contribution is 0.0684. The predicted molar refractivity (Wildman–Crippen MR) is 58.8 cm³/mol. The van der Waals surface area contributed by atoms with E-state index in [2.05, 4.69) is 5.32 Å². The Bertz CT molecular complexity index is 160. The fraction of sp³-hybridized carbons (Fsp3) is 1.00. The van der Waals surface area contributed by atoms with Gasteiger partial charge in [-0.1, -0.05) is 12.8 Å². The smallest absolute Gasteiger partial charge is 0.0693 e. The second-order valence-electron chi connectivity index (χ2n) is 4.29. The third-order valence-corrected chi connectivity index (χ3v) is 3.02. The topological polar surface area (TPSA) is 61.7 Å². The molecular formula is C11H23NO3. The number of hydrogen-bond donors (Lipinski definition) is 3. The molecule has 3 atom stereocenters. The van der Waals surface area contributed by atoms with Crippen molar-refractivity contribution in [3.63, 3.8) is 0 Å². The molecule has 0 amide bonds. The summed E-state index contributed by atoms with van der Waals surface area (Å²) in [4.78, 5) is 0. The average Bonchev–Trinajstić information content (AvgIpc) is 2.22. The van der Waals surface area contributed by atoms with Gasteiger partial charge in [0.25, 0.3) is 0 Å². The molecule has 1 rings (SSSR count). The van der Waals surface area contributed by atoms with Crippen molar-refractivity contribution in [2.75, 3.05) is 20.3 Å². The molecule has 4 heteroatoms. The maximum atomic E-state index is 9.79. The molecular weight excluding hydrogens is 194 g/mol. The summed E-state index contributed by atoms with van der Waals surface area (Å²) < 4.78 is 5.08. The van der Waals surface area contributed by atoms with E-state index in [1.807, 2.05) is 0 Å². The summed E-state index contributed by atoms with van der Waals surface area (Å²) in [5.74, 6) is 0. The van der Waals surface area contributed by atoms with Crippen molar-refractivity contribution in [1.82, 2.24) is 5.32 Å². The Hall–Kier alpha value is -0.160. The average molecular weight is 217 g/mol. The number of aliphatic hydroxyl groups is 2. The molecule has 1 aliphatic carbocycles. The molecule has 15 heavy (non-hydrogen) atoms. The second-order valence-corrected chi connectivity index (χ2v) is 4.29. The van der Waals surface area contributed by atoms with Gasteiger partial charge in [0, 0.05) is 25.8 Å². The summed E-state index contributed by atoms with van der Waals surface area (Å²) in [5, 5.41) is 22.1. The Morgan fingerprint density at radius 3 is 2.73 bits per heavy atom.